The molecule has 3 rings (SSSR count). The summed E-state index contributed by atoms with van der Waals surface area (Å²) in [7, 11) is 0. The highest BCUT2D eigenvalue weighted by atomic mass is 16.1. The summed E-state index contributed by atoms with van der Waals surface area (Å²) in [5, 5.41) is 12.4. The third kappa shape index (κ3) is 3.82. The summed E-state index contributed by atoms with van der Waals surface area (Å²) in [6.45, 7) is 1.67. The molecule has 1 aromatic heterocycles. The summed E-state index contributed by atoms with van der Waals surface area (Å²) in [5.74, 6) is 1.24. The first-order valence-electron chi connectivity index (χ1n) is 8.68. The molecular weight excluding hydrogens is 288 g/mol. The fourth-order valence-electron chi connectivity index (χ4n) is 3.66. The smallest absolute Gasteiger partial charge is 0.223 e. The highest BCUT2D eigenvalue weighted by Crippen LogP contribution is 2.25. The minimum Gasteiger partial charge on any atom is -0.355 e. The van der Waals surface area contributed by atoms with E-state index < -0.39 is 0 Å². The van der Waals surface area contributed by atoms with Gasteiger partial charge in [0.1, 0.15) is 11.9 Å². The van der Waals surface area contributed by atoms with E-state index in [0.29, 0.717) is 5.56 Å². The minimum absolute atomic E-state index is 0.225. The first-order chi connectivity index (χ1) is 11.3. The Balaban J connectivity index is 1.52. The molecule has 1 amide bonds. The first kappa shape index (κ1) is 15.8. The highest BCUT2D eigenvalue weighted by molar-refractivity contribution is 5.79. The molecule has 1 saturated heterocycles. The molecule has 5 heteroatoms. The van der Waals surface area contributed by atoms with Gasteiger partial charge in [0, 0.05) is 31.2 Å². The van der Waals surface area contributed by atoms with E-state index in [9.17, 15) is 10.1 Å². The summed E-state index contributed by atoms with van der Waals surface area (Å²) < 4.78 is 0. The largest absolute Gasteiger partial charge is 0.355 e. The van der Waals surface area contributed by atoms with Crippen LogP contribution < -0.4 is 10.2 Å². The van der Waals surface area contributed by atoms with Gasteiger partial charge < -0.3 is 10.2 Å². The lowest BCUT2D eigenvalue weighted by Gasteiger charge is -2.34. The Morgan fingerprint density at radius 2 is 1.96 bits per heavy atom. The van der Waals surface area contributed by atoms with Crippen LogP contribution in [0.4, 0.5) is 5.82 Å². The SMILES string of the molecule is N#Cc1cccnc1N1CCC(NC(=O)C2CCCCC2)CC1. The maximum atomic E-state index is 12.3. The quantitative estimate of drug-likeness (QED) is 0.931. The summed E-state index contributed by atoms with van der Waals surface area (Å²) in [5.41, 5.74) is 0.622. The van der Waals surface area contributed by atoms with Crippen molar-refractivity contribution in [2.75, 3.05) is 18.0 Å². The Kier molecular flexibility index (Phi) is 5.12. The van der Waals surface area contributed by atoms with Crippen LogP contribution in [0.1, 0.15) is 50.5 Å². The van der Waals surface area contributed by atoms with Crippen molar-refractivity contribution in [2.45, 2.75) is 51.0 Å². The van der Waals surface area contributed by atoms with Crippen LogP contribution in [-0.4, -0.2) is 30.0 Å². The molecule has 2 heterocycles. The molecule has 23 heavy (non-hydrogen) atoms. The number of nitriles is 1. The lowest BCUT2D eigenvalue weighted by molar-refractivity contribution is -0.126. The standard InChI is InChI=1S/C18H24N4O/c19-13-15-7-4-10-20-17(15)22-11-8-16(9-12-22)21-18(23)14-5-2-1-3-6-14/h4,7,10,14,16H,1-3,5-6,8-9,11-12H2,(H,21,23). The minimum atomic E-state index is 0.225. The second-order valence-electron chi connectivity index (χ2n) is 6.59. The van der Waals surface area contributed by atoms with E-state index in [-0.39, 0.29) is 17.9 Å². The molecule has 0 unspecified atom stereocenters. The van der Waals surface area contributed by atoms with Gasteiger partial charge >= 0.3 is 0 Å². The summed E-state index contributed by atoms with van der Waals surface area (Å²) in [4.78, 5) is 18.8. The Hall–Kier alpha value is -2.09. The van der Waals surface area contributed by atoms with Gasteiger partial charge in [-0.25, -0.2) is 4.98 Å². The number of amides is 1. The van der Waals surface area contributed by atoms with E-state index in [4.69, 9.17) is 0 Å². The number of carbonyl (C=O) groups is 1. The van der Waals surface area contributed by atoms with E-state index in [0.717, 1.165) is 44.6 Å². The number of hydrogen-bond donors (Lipinski definition) is 1. The predicted molar refractivity (Wildman–Crippen MR) is 88.9 cm³/mol. The van der Waals surface area contributed by atoms with Crippen LogP contribution >= 0.6 is 0 Å². The molecule has 2 aliphatic rings. The third-order valence-corrected chi connectivity index (χ3v) is 5.02. The van der Waals surface area contributed by atoms with Gasteiger partial charge in [0.2, 0.25) is 5.91 Å². The van der Waals surface area contributed by atoms with Gasteiger partial charge in [-0.3, -0.25) is 4.79 Å². The summed E-state index contributed by atoms with van der Waals surface area (Å²) in [6, 6.07) is 6.06. The van der Waals surface area contributed by atoms with Crippen molar-refractivity contribution in [3.63, 3.8) is 0 Å². The number of nitrogens with one attached hydrogen (secondary N) is 1. The van der Waals surface area contributed by atoms with Crippen molar-refractivity contribution in [2.24, 2.45) is 5.92 Å². The fourth-order valence-corrected chi connectivity index (χ4v) is 3.66. The number of anilines is 1. The Morgan fingerprint density at radius 3 is 2.65 bits per heavy atom. The lowest BCUT2D eigenvalue weighted by atomic mass is 9.88. The second-order valence-corrected chi connectivity index (χ2v) is 6.59. The Bertz CT molecular complexity index is 581. The van der Waals surface area contributed by atoms with E-state index in [1.54, 1.807) is 18.3 Å². The van der Waals surface area contributed by atoms with Crippen molar-refractivity contribution in [1.29, 1.82) is 5.26 Å². The molecule has 1 N–H and O–H groups in total. The van der Waals surface area contributed by atoms with Gasteiger partial charge in [-0.05, 0) is 37.8 Å². The zero-order valence-corrected chi connectivity index (χ0v) is 13.5. The number of pyridine rings is 1. The molecule has 1 aliphatic heterocycles. The zero-order valence-electron chi connectivity index (χ0n) is 13.5. The maximum absolute atomic E-state index is 12.3. The highest BCUT2D eigenvalue weighted by Gasteiger charge is 2.26. The number of aromatic nitrogens is 1. The van der Waals surface area contributed by atoms with Crippen molar-refractivity contribution >= 4 is 11.7 Å². The molecule has 0 atom stereocenters. The lowest BCUT2D eigenvalue weighted by Crippen LogP contribution is -2.47. The van der Waals surface area contributed by atoms with Crippen LogP contribution in [0.25, 0.3) is 0 Å². The average Bonchev–Trinajstić information content (AvgIpc) is 2.63. The summed E-state index contributed by atoms with van der Waals surface area (Å²) in [6.07, 6.45) is 9.30. The van der Waals surface area contributed by atoms with Crippen LogP contribution in [0.15, 0.2) is 18.3 Å². The van der Waals surface area contributed by atoms with Crippen molar-refractivity contribution < 1.29 is 4.79 Å². The maximum Gasteiger partial charge on any atom is 0.223 e. The van der Waals surface area contributed by atoms with Gasteiger partial charge in [-0.1, -0.05) is 19.3 Å². The molecule has 122 valence electrons. The van der Waals surface area contributed by atoms with Crippen LogP contribution in [-0.2, 0) is 4.79 Å². The molecule has 0 radical (unpaired) electrons. The van der Waals surface area contributed by atoms with Gasteiger partial charge in [-0.2, -0.15) is 5.26 Å². The fraction of sp³-hybridized carbons (Fsp3) is 0.611. The van der Waals surface area contributed by atoms with Crippen LogP contribution in [0.5, 0.6) is 0 Å². The Morgan fingerprint density at radius 1 is 1.22 bits per heavy atom. The molecule has 2 fully saturated rings. The zero-order chi connectivity index (χ0) is 16.1. The van der Waals surface area contributed by atoms with E-state index in [1.165, 1.54) is 19.3 Å². The monoisotopic (exact) mass is 312 g/mol. The van der Waals surface area contributed by atoms with Crippen molar-refractivity contribution in [3.8, 4) is 6.07 Å². The van der Waals surface area contributed by atoms with Crippen LogP contribution in [0.2, 0.25) is 0 Å². The predicted octanol–water partition coefficient (Wildman–Crippen LogP) is 2.62. The van der Waals surface area contributed by atoms with Gasteiger partial charge in [-0.15, -0.1) is 0 Å². The van der Waals surface area contributed by atoms with Gasteiger partial charge in [0.25, 0.3) is 0 Å². The second kappa shape index (κ2) is 7.45. The number of carbonyl (C=O) groups excluding carboxylic acids is 1. The Labute approximate surface area is 137 Å². The molecule has 0 aromatic carbocycles. The first-order valence-corrected chi connectivity index (χ1v) is 8.68. The van der Waals surface area contributed by atoms with Crippen LogP contribution in [0, 0.1) is 17.2 Å². The molecular formula is C18H24N4O. The number of nitrogens with zero attached hydrogens (tertiary/aromatic N) is 3. The molecule has 1 aliphatic carbocycles. The average molecular weight is 312 g/mol. The third-order valence-electron chi connectivity index (χ3n) is 5.02. The van der Waals surface area contributed by atoms with Gasteiger partial charge in [0.15, 0.2) is 0 Å². The van der Waals surface area contributed by atoms with E-state index >= 15 is 0 Å². The molecule has 1 saturated carbocycles. The molecule has 0 bridgehead atoms. The molecule has 1 aromatic rings. The normalized spacial score (nSPS) is 20.0. The van der Waals surface area contributed by atoms with Crippen molar-refractivity contribution in [3.05, 3.63) is 23.9 Å². The van der Waals surface area contributed by atoms with Crippen molar-refractivity contribution in [1.82, 2.24) is 10.3 Å². The molecule has 5 nitrogen and oxygen atoms in total. The van der Waals surface area contributed by atoms with Crippen LogP contribution in [0.3, 0.4) is 0 Å². The topological polar surface area (TPSA) is 69.0 Å². The number of rotatable bonds is 3. The summed E-state index contributed by atoms with van der Waals surface area (Å²) >= 11 is 0. The number of piperidine rings is 1. The van der Waals surface area contributed by atoms with Gasteiger partial charge in [0.05, 0.1) is 5.56 Å². The molecule has 0 spiro atoms. The van der Waals surface area contributed by atoms with E-state index in [2.05, 4.69) is 21.3 Å². The van der Waals surface area contributed by atoms with E-state index in [1.807, 2.05) is 0 Å². The number of hydrogen-bond acceptors (Lipinski definition) is 4.